The lowest BCUT2D eigenvalue weighted by Crippen LogP contribution is -2.24. The molecule has 0 radical (unpaired) electrons. The largest absolute Gasteiger partial charge is 0.271 e. The van der Waals surface area contributed by atoms with E-state index in [1.807, 2.05) is 0 Å². The summed E-state index contributed by atoms with van der Waals surface area (Å²) in [5.41, 5.74) is 1.19. The summed E-state index contributed by atoms with van der Waals surface area (Å²) in [7, 11) is -1.65. The fourth-order valence-electron chi connectivity index (χ4n) is 1.41. The van der Waals surface area contributed by atoms with E-state index in [9.17, 15) is 8.42 Å². The van der Waals surface area contributed by atoms with Gasteiger partial charge in [-0.3, -0.25) is 4.68 Å². The van der Waals surface area contributed by atoms with Gasteiger partial charge in [0.25, 0.3) is 0 Å². The van der Waals surface area contributed by atoms with Crippen molar-refractivity contribution in [3.8, 4) is 0 Å². The molecule has 0 aliphatic rings. The molecule has 5 nitrogen and oxygen atoms in total. The Morgan fingerprint density at radius 1 is 1.43 bits per heavy atom. The van der Waals surface area contributed by atoms with Crippen molar-refractivity contribution in [1.82, 2.24) is 14.5 Å². The fraction of sp³-hybridized carbons (Fsp3) is 0.625. The van der Waals surface area contributed by atoms with Crippen LogP contribution in [0.15, 0.2) is 4.90 Å². The number of nitrogens with one attached hydrogen (secondary N) is 1. The molecule has 0 aliphatic heterocycles. The molecule has 0 aromatic carbocycles. The molecule has 14 heavy (non-hydrogen) atoms. The molecular formula is C8H15N3O2S. The number of nitrogens with zero attached hydrogens (tertiary/aromatic N) is 2. The van der Waals surface area contributed by atoms with E-state index in [1.54, 1.807) is 32.5 Å². The Balaban J connectivity index is 3.32. The third kappa shape index (κ3) is 1.80. The predicted molar refractivity (Wildman–Crippen MR) is 53.5 cm³/mol. The minimum Gasteiger partial charge on any atom is -0.271 e. The second kappa shape index (κ2) is 3.70. The molecule has 1 aromatic heterocycles. The van der Waals surface area contributed by atoms with E-state index in [0.717, 1.165) is 0 Å². The van der Waals surface area contributed by atoms with Crippen LogP contribution in [0.3, 0.4) is 0 Å². The molecule has 0 amide bonds. The molecule has 0 atom stereocenters. The first kappa shape index (κ1) is 11.2. The highest BCUT2D eigenvalue weighted by atomic mass is 32.2. The van der Waals surface area contributed by atoms with Crippen LogP contribution in [0, 0.1) is 13.8 Å². The van der Waals surface area contributed by atoms with Crippen molar-refractivity contribution in [3.63, 3.8) is 0 Å². The molecular weight excluding hydrogens is 202 g/mol. The number of hydrogen-bond donors (Lipinski definition) is 1. The Hall–Kier alpha value is -0.880. The maximum absolute atomic E-state index is 11.7. The molecule has 6 heteroatoms. The van der Waals surface area contributed by atoms with Crippen molar-refractivity contribution in [2.75, 3.05) is 6.54 Å². The second-order valence-electron chi connectivity index (χ2n) is 3.12. The van der Waals surface area contributed by atoms with E-state index >= 15 is 0 Å². The summed E-state index contributed by atoms with van der Waals surface area (Å²) in [6.45, 7) is 5.57. The lowest BCUT2D eigenvalue weighted by Gasteiger charge is -2.04. The van der Waals surface area contributed by atoms with Crippen LogP contribution < -0.4 is 4.72 Å². The molecule has 0 bridgehead atoms. The van der Waals surface area contributed by atoms with Crippen molar-refractivity contribution in [2.45, 2.75) is 25.7 Å². The van der Waals surface area contributed by atoms with Gasteiger partial charge in [0.2, 0.25) is 10.0 Å². The van der Waals surface area contributed by atoms with Crippen LogP contribution >= 0.6 is 0 Å². The molecule has 1 N–H and O–H groups in total. The summed E-state index contributed by atoms with van der Waals surface area (Å²) in [5.74, 6) is 0. The zero-order valence-electron chi connectivity index (χ0n) is 8.83. The smallest absolute Gasteiger partial charge is 0.244 e. The zero-order chi connectivity index (χ0) is 10.9. The summed E-state index contributed by atoms with van der Waals surface area (Å²) in [6.07, 6.45) is 0. The molecule has 1 rings (SSSR count). The van der Waals surface area contributed by atoms with Gasteiger partial charge in [-0.25, -0.2) is 13.1 Å². The predicted octanol–water partition coefficient (Wildman–Crippen LogP) is 0.335. The summed E-state index contributed by atoms with van der Waals surface area (Å²) >= 11 is 0. The van der Waals surface area contributed by atoms with Gasteiger partial charge in [0.1, 0.15) is 4.90 Å². The van der Waals surface area contributed by atoms with Gasteiger partial charge in [-0.2, -0.15) is 5.10 Å². The monoisotopic (exact) mass is 217 g/mol. The van der Waals surface area contributed by atoms with Crippen molar-refractivity contribution < 1.29 is 8.42 Å². The van der Waals surface area contributed by atoms with Crippen molar-refractivity contribution >= 4 is 10.0 Å². The third-order valence-corrected chi connectivity index (χ3v) is 3.84. The van der Waals surface area contributed by atoms with E-state index < -0.39 is 10.0 Å². The summed E-state index contributed by atoms with van der Waals surface area (Å²) in [6, 6.07) is 0. The van der Waals surface area contributed by atoms with E-state index in [2.05, 4.69) is 9.82 Å². The molecule has 0 unspecified atom stereocenters. The molecule has 0 saturated heterocycles. The number of hydrogen-bond acceptors (Lipinski definition) is 3. The van der Waals surface area contributed by atoms with Gasteiger partial charge in [0, 0.05) is 13.6 Å². The number of aryl methyl sites for hydroxylation is 2. The van der Waals surface area contributed by atoms with Gasteiger partial charge in [-0.1, -0.05) is 6.92 Å². The van der Waals surface area contributed by atoms with Crippen LogP contribution in [0.1, 0.15) is 18.3 Å². The molecule has 1 heterocycles. The Morgan fingerprint density at radius 2 is 2.00 bits per heavy atom. The zero-order valence-corrected chi connectivity index (χ0v) is 9.64. The topological polar surface area (TPSA) is 64.0 Å². The Morgan fingerprint density at radius 3 is 2.36 bits per heavy atom. The highest BCUT2D eigenvalue weighted by Crippen LogP contribution is 2.17. The van der Waals surface area contributed by atoms with Gasteiger partial charge in [-0.15, -0.1) is 0 Å². The van der Waals surface area contributed by atoms with Gasteiger partial charge in [0.15, 0.2) is 0 Å². The second-order valence-corrected chi connectivity index (χ2v) is 4.83. The normalized spacial score (nSPS) is 12.0. The van der Waals surface area contributed by atoms with Crippen LogP contribution in [0.2, 0.25) is 0 Å². The van der Waals surface area contributed by atoms with Gasteiger partial charge >= 0.3 is 0 Å². The fourth-order valence-corrected chi connectivity index (χ4v) is 2.88. The van der Waals surface area contributed by atoms with E-state index in [1.165, 1.54) is 0 Å². The first-order valence-electron chi connectivity index (χ1n) is 4.40. The SMILES string of the molecule is CCNS(=O)(=O)c1c(C)nn(C)c1C. The lowest BCUT2D eigenvalue weighted by atomic mass is 10.4. The quantitative estimate of drug-likeness (QED) is 0.793. The number of sulfonamides is 1. The summed E-state index contributed by atoms with van der Waals surface area (Å²) < 4.78 is 27.5. The van der Waals surface area contributed by atoms with E-state index in [4.69, 9.17) is 0 Å². The average molecular weight is 217 g/mol. The van der Waals surface area contributed by atoms with Crippen LogP contribution in [0.4, 0.5) is 0 Å². The minimum atomic E-state index is -3.38. The molecule has 0 spiro atoms. The van der Waals surface area contributed by atoms with Crippen molar-refractivity contribution in [3.05, 3.63) is 11.4 Å². The Labute approximate surface area is 84.2 Å². The van der Waals surface area contributed by atoms with Crippen LogP contribution in [0.25, 0.3) is 0 Å². The standard InChI is InChI=1S/C8H15N3O2S/c1-5-9-14(12,13)8-6(2)10-11(4)7(8)3/h9H,5H2,1-4H3. The van der Waals surface area contributed by atoms with Crippen LogP contribution in [-0.4, -0.2) is 24.7 Å². The molecule has 1 aromatic rings. The lowest BCUT2D eigenvalue weighted by molar-refractivity contribution is 0.582. The number of rotatable bonds is 3. The average Bonchev–Trinajstić information content (AvgIpc) is 2.26. The highest BCUT2D eigenvalue weighted by Gasteiger charge is 2.22. The highest BCUT2D eigenvalue weighted by molar-refractivity contribution is 7.89. The summed E-state index contributed by atoms with van der Waals surface area (Å²) in [5, 5.41) is 4.06. The van der Waals surface area contributed by atoms with Crippen LogP contribution in [-0.2, 0) is 17.1 Å². The maximum atomic E-state index is 11.7. The summed E-state index contributed by atoms with van der Waals surface area (Å²) in [4.78, 5) is 0.293. The van der Waals surface area contributed by atoms with Gasteiger partial charge in [0.05, 0.1) is 11.4 Å². The van der Waals surface area contributed by atoms with E-state index in [-0.39, 0.29) is 0 Å². The molecule has 0 saturated carbocycles. The molecule has 0 fully saturated rings. The first-order valence-corrected chi connectivity index (χ1v) is 5.88. The molecule has 0 aliphatic carbocycles. The van der Waals surface area contributed by atoms with Gasteiger partial charge in [-0.05, 0) is 13.8 Å². The van der Waals surface area contributed by atoms with Gasteiger partial charge < -0.3 is 0 Å². The maximum Gasteiger partial charge on any atom is 0.244 e. The third-order valence-electron chi connectivity index (χ3n) is 2.05. The van der Waals surface area contributed by atoms with E-state index in [0.29, 0.717) is 22.8 Å². The molecule has 80 valence electrons. The first-order chi connectivity index (χ1) is 6.40. The Kier molecular flexibility index (Phi) is 2.96. The number of aromatic nitrogens is 2. The van der Waals surface area contributed by atoms with Crippen molar-refractivity contribution in [2.24, 2.45) is 7.05 Å². The van der Waals surface area contributed by atoms with Crippen molar-refractivity contribution in [1.29, 1.82) is 0 Å². The minimum absolute atomic E-state index is 0.293. The van der Waals surface area contributed by atoms with Crippen LogP contribution in [0.5, 0.6) is 0 Å². The Bertz CT molecular complexity index is 434.